The van der Waals surface area contributed by atoms with E-state index in [1.807, 2.05) is 0 Å². The number of furan rings is 1. The van der Waals surface area contributed by atoms with E-state index in [0.717, 1.165) is 12.5 Å². The minimum Gasteiger partial charge on any atom is -0.404 e. The molecule has 0 bridgehead atoms. The van der Waals surface area contributed by atoms with Crippen LogP contribution >= 0.6 is 0 Å². The van der Waals surface area contributed by atoms with Crippen LogP contribution in [-0.4, -0.2) is 36.0 Å². The maximum absolute atomic E-state index is 10.6. The summed E-state index contributed by atoms with van der Waals surface area (Å²) in [7, 11) is 4.27. The van der Waals surface area contributed by atoms with Gasteiger partial charge in [0.15, 0.2) is 0 Å². The molecule has 0 spiro atoms. The van der Waals surface area contributed by atoms with E-state index >= 15 is 0 Å². The summed E-state index contributed by atoms with van der Waals surface area (Å²) >= 11 is 0. The monoisotopic (exact) mass is 295 g/mol. The molecule has 1 aromatic heterocycles. The number of hydrogen-bond donors (Lipinski definition) is 1. The Labute approximate surface area is 125 Å². The summed E-state index contributed by atoms with van der Waals surface area (Å²) in [5, 5.41) is 14.0. The molecule has 2 unspecified atom stereocenters. The standard InChI is InChI=1S/C15H25N3O3/c1-12-5-4-8-15(9-12,17(2)3)11-16-10-13-6-7-14(21-13)18(19)20/h6-7,12,16H,4-5,8-11H2,1-3H3. The van der Waals surface area contributed by atoms with Crippen molar-refractivity contribution in [2.24, 2.45) is 5.92 Å². The van der Waals surface area contributed by atoms with E-state index in [0.29, 0.717) is 12.3 Å². The molecule has 0 aliphatic heterocycles. The summed E-state index contributed by atoms with van der Waals surface area (Å²) < 4.78 is 5.17. The molecule has 6 nitrogen and oxygen atoms in total. The lowest BCUT2D eigenvalue weighted by Crippen LogP contribution is -2.54. The summed E-state index contributed by atoms with van der Waals surface area (Å²) in [6, 6.07) is 3.07. The second-order valence-electron chi connectivity index (χ2n) is 6.42. The van der Waals surface area contributed by atoms with Gasteiger partial charge in [-0.2, -0.15) is 0 Å². The van der Waals surface area contributed by atoms with Gasteiger partial charge in [-0.05, 0) is 38.9 Å². The van der Waals surface area contributed by atoms with Gasteiger partial charge >= 0.3 is 5.88 Å². The molecule has 2 atom stereocenters. The van der Waals surface area contributed by atoms with Crippen LogP contribution in [0.2, 0.25) is 0 Å². The molecule has 0 saturated heterocycles. The largest absolute Gasteiger partial charge is 0.433 e. The highest BCUT2D eigenvalue weighted by atomic mass is 16.6. The molecule has 0 amide bonds. The quantitative estimate of drug-likeness (QED) is 0.645. The Bertz CT molecular complexity index is 486. The van der Waals surface area contributed by atoms with E-state index in [-0.39, 0.29) is 11.4 Å². The van der Waals surface area contributed by atoms with Gasteiger partial charge in [0.2, 0.25) is 0 Å². The van der Waals surface area contributed by atoms with Crippen LogP contribution in [0, 0.1) is 16.0 Å². The summed E-state index contributed by atoms with van der Waals surface area (Å²) in [4.78, 5) is 12.4. The third kappa shape index (κ3) is 3.83. The Hall–Kier alpha value is -1.40. The highest BCUT2D eigenvalue weighted by molar-refractivity contribution is 5.17. The van der Waals surface area contributed by atoms with E-state index in [9.17, 15) is 10.1 Å². The lowest BCUT2D eigenvalue weighted by Gasteiger charge is -2.45. The zero-order chi connectivity index (χ0) is 15.5. The van der Waals surface area contributed by atoms with Gasteiger partial charge in [-0.1, -0.05) is 19.8 Å². The van der Waals surface area contributed by atoms with E-state index < -0.39 is 4.92 Å². The van der Waals surface area contributed by atoms with E-state index in [2.05, 4.69) is 31.2 Å². The lowest BCUT2D eigenvalue weighted by molar-refractivity contribution is -0.402. The molecule has 0 radical (unpaired) electrons. The minimum absolute atomic E-state index is 0.177. The highest BCUT2D eigenvalue weighted by Gasteiger charge is 2.36. The van der Waals surface area contributed by atoms with Crippen LogP contribution in [0.3, 0.4) is 0 Å². The van der Waals surface area contributed by atoms with Gasteiger partial charge < -0.3 is 14.6 Å². The van der Waals surface area contributed by atoms with Crippen LogP contribution in [-0.2, 0) is 6.54 Å². The van der Waals surface area contributed by atoms with Gasteiger partial charge in [0.05, 0.1) is 12.6 Å². The first-order chi connectivity index (χ1) is 9.93. The fourth-order valence-corrected chi connectivity index (χ4v) is 3.34. The zero-order valence-corrected chi connectivity index (χ0v) is 13.1. The van der Waals surface area contributed by atoms with Crippen molar-refractivity contribution in [3.05, 3.63) is 28.0 Å². The molecule has 1 fully saturated rings. The van der Waals surface area contributed by atoms with Crippen LogP contribution in [0.15, 0.2) is 16.5 Å². The van der Waals surface area contributed by atoms with Crippen LogP contribution in [0.5, 0.6) is 0 Å². The molecule has 118 valence electrons. The Kier molecular flexibility index (Phi) is 5.00. The molecular formula is C15H25N3O3. The smallest absolute Gasteiger partial charge is 0.404 e. The first-order valence-electron chi connectivity index (χ1n) is 7.54. The van der Waals surface area contributed by atoms with Crippen molar-refractivity contribution in [1.82, 2.24) is 10.2 Å². The number of nitrogens with zero attached hydrogens (tertiary/aromatic N) is 2. The van der Waals surface area contributed by atoms with Crippen molar-refractivity contribution < 1.29 is 9.34 Å². The molecule has 21 heavy (non-hydrogen) atoms. The molecule has 6 heteroatoms. The fraction of sp³-hybridized carbons (Fsp3) is 0.733. The topological polar surface area (TPSA) is 71.5 Å². The Balaban J connectivity index is 1.91. The molecule has 1 saturated carbocycles. The normalized spacial score (nSPS) is 26.2. The summed E-state index contributed by atoms with van der Waals surface area (Å²) in [5.41, 5.74) is 0.177. The maximum Gasteiger partial charge on any atom is 0.433 e. The van der Waals surface area contributed by atoms with Gasteiger partial charge in [0.1, 0.15) is 10.7 Å². The van der Waals surface area contributed by atoms with Crippen molar-refractivity contribution >= 4 is 5.88 Å². The number of hydrogen-bond acceptors (Lipinski definition) is 5. The van der Waals surface area contributed by atoms with Gasteiger partial charge in [-0.15, -0.1) is 0 Å². The Morgan fingerprint density at radius 3 is 2.86 bits per heavy atom. The molecular weight excluding hydrogens is 270 g/mol. The molecule has 1 heterocycles. The third-order valence-electron chi connectivity index (χ3n) is 4.60. The van der Waals surface area contributed by atoms with Crippen molar-refractivity contribution in [1.29, 1.82) is 0 Å². The molecule has 1 N–H and O–H groups in total. The third-order valence-corrected chi connectivity index (χ3v) is 4.60. The molecule has 1 aliphatic rings. The van der Waals surface area contributed by atoms with Crippen molar-refractivity contribution in [3.8, 4) is 0 Å². The number of likely N-dealkylation sites (N-methyl/N-ethyl adjacent to an activating group) is 1. The van der Waals surface area contributed by atoms with Crippen LogP contribution < -0.4 is 5.32 Å². The van der Waals surface area contributed by atoms with Crippen LogP contribution in [0.4, 0.5) is 5.88 Å². The number of nitrogens with one attached hydrogen (secondary N) is 1. The minimum atomic E-state index is -0.506. The van der Waals surface area contributed by atoms with Crippen molar-refractivity contribution in [2.45, 2.75) is 44.7 Å². The van der Waals surface area contributed by atoms with Gasteiger partial charge in [-0.3, -0.25) is 10.1 Å². The molecule has 1 aliphatic carbocycles. The predicted octanol–water partition coefficient (Wildman–Crippen LogP) is 2.79. The predicted molar refractivity (Wildman–Crippen MR) is 81.1 cm³/mol. The molecule has 1 aromatic rings. The van der Waals surface area contributed by atoms with Gasteiger partial charge in [0, 0.05) is 12.1 Å². The van der Waals surface area contributed by atoms with Crippen molar-refractivity contribution in [2.75, 3.05) is 20.6 Å². The number of nitro groups is 1. The molecule has 2 rings (SSSR count). The average molecular weight is 295 g/mol. The fourth-order valence-electron chi connectivity index (χ4n) is 3.34. The number of rotatable bonds is 6. The first-order valence-corrected chi connectivity index (χ1v) is 7.54. The SMILES string of the molecule is CC1CCCC(CNCc2ccc([N+](=O)[O-])o2)(N(C)C)C1. The summed E-state index contributed by atoms with van der Waals surface area (Å²) in [6.45, 7) is 3.71. The van der Waals surface area contributed by atoms with Crippen LogP contribution in [0.25, 0.3) is 0 Å². The van der Waals surface area contributed by atoms with Crippen molar-refractivity contribution in [3.63, 3.8) is 0 Å². The summed E-state index contributed by atoms with van der Waals surface area (Å²) in [5.74, 6) is 1.16. The van der Waals surface area contributed by atoms with E-state index in [4.69, 9.17) is 4.42 Å². The second kappa shape index (κ2) is 6.58. The zero-order valence-electron chi connectivity index (χ0n) is 13.1. The maximum atomic E-state index is 10.6. The van der Waals surface area contributed by atoms with Gasteiger partial charge in [-0.25, -0.2) is 0 Å². The Morgan fingerprint density at radius 2 is 2.29 bits per heavy atom. The van der Waals surface area contributed by atoms with Gasteiger partial charge in [0.25, 0.3) is 0 Å². The first kappa shape index (κ1) is 16.0. The van der Waals surface area contributed by atoms with E-state index in [1.165, 1.54) is 31.7 Å². The molecule has 0 aromatic carbocycles. The lowest BCUT2D eigenvalue weighted by atomic mass is 9.75. The second-order valence-corrected chi connectivity index (χ2v) is 6.42. The highest BCUT2D eigenvalue weighted by Crippen LogP contribution is 2.35. The average Bonchev–Trinajstić information content (AvgIpc) is 2.87. The summed E-state index contributed by atoms with van der Waals surface area (Å²) in [6.07, 6.45) is 4.94. The van der Waals surface area contributed by atoms with Crippen LogP contribution in [0.1, 0.15) is 38.4 Å². The Morgan fingerprint density at radius 1 is 1.52 bits per heavy atom. The van der Waals surface area contributed by atoms with E-state index in [1.54, 1.807) is 6.07 Å².